The summed E-state index contributed by atoms with van der Waals surface area (Å²) >= 11 is 0. The zero-order valence-electron chi connectivity index (χ0n) is 15.0. The standard InChI is InChI=1S/C17H31NO5/c1-12(2)8-13(10-18-16(20)23-17(3,4)5)9-15(19)22-14-6-7-21-11-14/h12-14H,6-11H2,1-5H3,(H,18,20)/t13-,14?/m0/s1. The van der Waals surface area contributed by atoms with E-state index >= 15 is 0 Å². The van der Waals surface area contributed by atoms with E-state index in [-0.39, 0.29) is 18.0 Å². The Kier molecular flexibility index (Phi) is 7.82. The second-order valence-corrected chi connectivity index (χ2v) is 7.56. The van der Waals surface area contributed by atoms with Gasteiger partial charge in [-0.2, -0.15) is 0 Å². The van der Waals surface area contributed by atoms with Gasteiger partial charge < -0.3 is 19.5 Å². The SMILES string of the molecule is CC(C)C[C@H](CNC(=O)OC(C)(C)C)CC(=O)OC1CCOC1. The first-order chi connectivity index (χ1) is 10.7. The Labute approximate surface area is 139 Å². The van der Waals surface area contributed by atoms with Crippen LogP contribution in [0.5, 0.6) is 0 Å². The molecular formula is C17H31NO5. The highest BCUT2D eigenvalue weighted by molar-refractivity contribution is 5.70. The second kappa shape index (κ2) is 9.11. The molecule has 1 heterocycles. The van der Waals surface area contributed by atoms with Crippen molar-refractivity contribution in [2.45, 2.75) is 65.6 Å². The van der Waals surface area contributed by atoms with E-state index in [1.165, 1.54) is 0 Å². The topological polar surface area (TPSA) is 73.9 Å². The van der Waals surface area contributed by atoms with E-state index in [9.17, 15) is 9.59 Å². The molecule has 1 fully saturated rings. The number of alkyl carbamates (subject to hydrolysis) is 1. The highest BCUT2D eigenvalue weighted by atomic mass is 16.6. The molecule has 0 radical (unpaired) electrons. The summed E-state index contributed by atoms with van der Waals surface area (Å²) in [5.74, 6) is 0.248. The molecule has 0 aromatic rings. The van der Waals surface area contributed by atoms with Gasteiger partial charge >= 0.3 is 12.1 Å². The number of carbonyl (C=O) groups is 2. The molecule has 0 aromatic heterocycles. The van der Waals surface area contributed by atoms with Crippen LogP contribution in [-0.4, -0.2) is 43.5 Å². The van der Waals surface area contributed by atoms with Crippen LogP contribution in [0.2, 0.25) is 0 Å². The average Bonchev–Trinajstić information content (AvgIpc) is 2.85. The second-order valence-electron chi connectivity index (χ2n) is 7.56. The van der Waals surface area contributed by atoms with Crippen LogP contribution in [0.3, 0.4) is 0 Å². The van der Waals surface area contributed by atoms with Crippen molar-refractivity contribution in [1.29, 1.82) is 0 Å². The number of esters is 1. The zero-order chi connectivity index (χ0) is 17.5. The molecule has 0 spiro atoms. The number of rotatable bonds is 7. The molecule has 6 nitrogen and oxygen atoms in total. The van der Waals surface area contributed by atoms with E-state index in [0.29, 0.717) is 32.1 Å². The summed E-state index contributed by atoms with van der Waals surface area (Å²) in [7, 11) is 0. The molecule has 1 N–H and O–H groups in total. The maximum Gasteiger partial charge on any atom is 0.407 e. The van der Waals surface area contributed by atoms with Crippen LogP contribution in [0.25, 0.3) is 0 Å². The van der Waals surface area contributed by atoms with Crippen molar-refractivity contribution in [2.75, 3.05) is 19.8 Å². The lowest BCUT2D eigenvalue weighted by atomic mass is 9.94. The average molecular weight is 329 g/mol. The smallest absolute Gasteiger partial charge is 0.407 e. The molecule has 134 valence electrons. The lowest BCUT2D eigenvalue weighted by molar-refractivity contribution is -0.150. The molecule has 0 aromatic carbocycles. The third kappa shape index (κ3) is 9.43. The largest absolute Gasteiger partial charge is 0.460 e. The maximum atomic E-state index is 12.0. The molecule has 1 amide bonds. The summed E-state index contributed by atoms with van der Waals surface area (Å²) in [6.07, 6.45) is 1.32. The van der Waals surface area contributed by atoms with Crippen LogP contribution < -0.4 is 5.32 Å². The van der Waals surface area contributed by atoms with E-state index in [0.717, 1.165) is 12.8 Å². The van der Waals surface area contributed by atoms with Crippen molar-refractivity contribution in [3.05, 3.63) is 0 Å². The van der Waals surface area contributed by atoms with Crippen molar-refractivity contribution in [1.82, 2.24) is 5.32 Å². The van der Waals surface area contributed by atoms with Crippen molar-refractivity contribution < 1.29 is 23.8 Å². The zero-order valence-corrected chi connectivity index (χ0v) is 15.0. The van der Waals surface area contributed by atoms with Gasteiger partial charge in [-0.05, 0) is 39.0 Å². The Morgan fingerprint density at radius 2 is 2.00 bits per heavy atom. The Morgan fingerprint density at radius 3 is 2.52 bits per heavy atom. The molecule has 1 aliphatic rings. The van der Waals surface area contributed by atoms with E-state index in [2.05, 4.69) is 19.2 Å². The Balaban J connectivity index is 2.41. The molecular weight excluding hydrogens is 298 g/mol. The number of nitrogens with one attached hydrogen (secondary N) is 1. The van der Waals surface area contributed by atoms with Gasteiger partial charge in [0.15, 0.2) is 0 Å². The highest BCUT2D eigenvalue weighted by Crippen LogP contribution is 2.18. The van der Waals surface area contributed by atoms with Gasteiger partial charge in [0, 0.05) is 13.0 Å². The van der Waals surface area contributed by atoms with Gasteiger partial charge in [0.25, 0.3) is 0 Å². The molecule has 1 aliphatic heterocycles. The maximum absolute atomic E-state index is 12.0. The molecule has 0 bridgehead atoms. The van der Waals surface area contributed by atoms with Crippen molar-refractivity contribution >= 4 is 12.1 Å². The van der Waals surface area contributed by atoms with Crippen molar-refractivity contribution in [3.63, 3.8) is 0 Å². The highest BCUT2D eigenvalue weighted by Gasteiger charge is 2.24. The molecule has 2 atom stereocenters. The first-order valence-corrected chi connectivity index (χ1v) is 8.39. The quantitative estimate of drug-likeness (QED) is 0.727. The summed E-state index contributed by atoms with van der Waals surface area (Å²) in [6, 6.07) is 0. The van der Waals surface area contributed by atoms with E-state index in [4.69, 9.17) is 14.2 Å². The van der Waals surface area contributed by atoms with Crippen LogP contribution in [0.1, 0.15) is 53.9 Å². The minimum Gasteiger partial charge on any atom is -0.460 e. The lowest BCUT2D eigenvalue weighted by Gasteiger charge is -2.23. The van der Waals surface area contributed by atoms with E-state index in [1.807, 2.05) is 20.8 Å². The van der Waals surface area contributed by atoms with E-state index in [1.54, 1.807) is 0 Å². The predicted octanol–water partition coefficient (Wildman–Crippen LogP) is 2.90. The van der Waals surface area contributed by atoms with Gasteiger partial charge in [0.1, 0.15) is 11.7 Å². The fourth-order valence-corrected chi connectivity index (χ4v) is 2.52. The van der Waals surface area contributed by atoms with Crippen LogP contribution in [0.4, 0.5) is 4.79 Å². The van der Waals surface area contributed by atoms with Crippen LogP contribution in [-0.2, 0) is 19.0 Å². The summed E-state index contributed by atoms with van der Waals surface area (Å²) < 4.78 is 15.8. The van der Waals surface area contributed by atoms with Gasteiger partial charge in [-0.3, -0.25) is 4.79 Å². The van der Waals surface area contributed by atoms with Gasteiger partial charge in [0.05, 0.1) is 19.6 Å². The minimum atomic E-state index is -0.529. The van der Waals surface area contributed by atoms with Crippen molar-refractivity contribution in [2.24, 2.45) is 11.8 Å². The lowest BCUT2D eigenvalue weighted by Crippen LogP contribution is -2.36. The molecule has 6 heteroatoms. The van der Waals surface area contributed by atoms with Gasteiger partial charge in [-0.15, -0.1) is 0 Å². The number of amides is 1. The van der Waals surface area contributed by atoms with Crippen LogP contribution >= 0.6 is 0 Å². The summed E-state index contributed by atoms with van der Waals surface area (Å²) in [4.78, 5) is 23.8. The molecule has 1 rings (SSSR count). The van der Waals surface area contributed by atoms with E-state index < -0.39 is 11.7 Å². The predicted molar refractivity (Wildman–Crippen MR) is 87.1 cm³/mol. The molecule has 0 saturated carbocycles. The first-order valence-electron chi connectivity index (χ1n) is 8.39. The van der Waals surface area contributed by atoms with Gasteiger partial charge in [-0.25, -0.2) is 4.79 Å². The Morgan fingerprint density at radius 1 is 1.30 bits per heavy atom. The Bertz CT molecular complexity index is 383. The Hall–Kier alpha value is -1.30. The van der Waals surface area contributed by atoms with Crippen LogP contribution in [0, 0.1) is 11.8 Å². The molecule has 23 heavy (non-hydrogen) atoms. The fourth-order valence-electron chi connectivity index (χ4n) is 2.52. The normalized spacial score (nSPS) is 19.5. The molecule has 0 aliphatic carbocycles. The van der Waals surface area contributed by atoms with Gasteiger partial charge in [-0.1, -0.05) is 13.8 Å². The number of carbonyl (C=O) groups excluding carboxylic acids is 2. The summed E-state index contributed by atoms with van der Waals surface area (Å²) in [5.41, 5.74) is -0.529. The number of hydrogen-bond donors (Lipinski definition) is 1. The summed E-state index contributed by atoms with van der Waals surface area (Å²) in [5, 5.41) is 2.75. The van der Waals surface area contributed by atoms with Crippen LogP contribution in [0.15, 0.2) is 0 Å². The van der Waals surface area contributed by atoms with Gasteiger partial charge in [0.2, 0.25) is 0 Å². The third-order valence-electron chi connectivity index (χ3n) is 3.38. The first kappa shape index (κ1) is 19.7. The number of hydrogen-bond acceptors (Lipinski definition) is 5. The minimum absolute atomic E-state index is 0.0392. The fraction of sp³-hybridized carbons (Fsp3) is 0.882. The molecule has 1 saturated heterocycles. The molecule has 1 unspecified atom stereocenters. The van der Waals surface area contributed by atoms with Crippen molar-refractivity contribution in [3.8, 4) is 0 Å². The monoisotopic (exact) mass is 329 g/mol. The number of ether oxygens (including phenoxy) is 3. The summed E-state index contributed by atoms with van der Waals surface area (Å²) in [6.45, 7) is 11.2. The third-order valence-corrected chi connectivity index (χ3v) is 3.38.